The lowest BCUT2D eigenvalue weighted by Crippen LogP contribution is -2.09. The highest BCUT2D eigenvalue weighted by atomic mass is 16.5. The van der Waals surface area contributed by atoms with E-state index < -0.39 is 0 Å². The Hall–Kier alpha value is -3.62. The largest absolute Gasteiger partial charge is 0.495 e. The van der Waals surface area contributed by atoms with Gasteiger partial charge in [-0.2, -0.15) is 4.98 Å². The van der Waals surface area contributed by atoms with E-state index in [-0.39, 0.29) is 5.95 Å². The van der Waals surface area contributed by atoms with Crippen molar-refractivity contribution in [2.24, 2.45) is 0 Å². The van der Waals surface area contributed by atoms with Crippen LogP contribution in [0.1, 0.15) is 17.3 Å². The third kappa shape index (κ3) is 3.39. The number of pyridine rings is 1. The molecular formula is C18H19N7O2. The van der Waals surface area contributed by atoms with Crippen LogP contribution in [0.4, 0.5) is 11.8 Å². The van der Waals surface area contributed by atoms with Crippen LogP contribution < -0.4 is 15.8 Å². The first-order valence-corrected chi connectivity index (χ1v) is 8.39. The van der Waals surface area contributed by atoms with E-state index in [9.17, 15) is 0 Å². The summed E-state index contributed by atoms with van der Waals surface area (Å²) in [7, 11) is 1.63. The van der Waals surface area contributed by atoms with E-state index in [0.29, 0.717) is 24.8 Å². The topological polar surface area (TPSA) is 117 Å². The maximum atomic E-state index is 5.86. The summed E-state index contributed by atoms with van der Waals surface area (Å²) in [4.78, 5) is 17.3. The van der Waals surface area contributed by atoms with Gasteiger partial charge in [-0.05, 0) is 25.1 Å². The maximum Gasteiger partial charge on any atom is 0.222 e. The van der Waals surface area contributed by atoms with Gasteiger partial charge in [-0.15, -0.1) is 0 Å². The summed E-state index contributed by atoms with van der Waals surface area (Å²) in [6, 6.07) is 5.61. The molecule has 0 saturated carbocycles. The number of ether oxygens (including phenoxy) is 1. The highest BCUT2D eigenvalue weighted by Gasteiger charge is 2.14. The molecule has 27 heavy (non-hydrogen) atoms. The summed E-state index contributed by atoms with van der Waals surface area (Å²) in [6.45, 7) is 2.74. The van der Waals surface area contributed by atoms with Crippen LogP contribution in [-0.4, -0.2) is 31.6 Å². The summed E-state index contributed by atoms with van der Waals surface area (Å²) in [5.74, 6) is 2.85. The molecule has 4 heterocycles. The number of aryl methyl sites for hydroxylation is 1. The molecule has 9 nitrogen and oxygen atoms in total. The SMILES string of the molecule is COc1cccnc1Cn1ccc2nc(N)nc(NCc3ncc(C)o3)c21. The number of nitrogens with one attached hydrogen (secondary N) is 1. The summed E-state index contributed by atoms with van der Waals surface area (Å²) < 4.78 is 12.9. The minimum Gasteiger partial charge on any atom is -0.495 e. The average molecular weight is 365 g/mol. The minimum absolute atomic E-state index is 0.196. The van der Waals surface area contributed by atoms with Crippen molar-refractivity contribution in [1.82, 2.24) is 24.5 Å². The molecule has 9 heteroatoms. The number of hydrogen-bond acceptors (Lipinski definition) is 8. The van der Waals surface area contributed by atoms with Crippen LogP contribution >= 0.6 is 0 Å². The van der Waals surface area contributed by atoms with Gasteiger partial charge in [0.2, 0.25) is 11.8 Å². The van der Waals surface area contributed by atoms with Gasteiger partial charge in [-0.25, -0.2) is 9.97 Å². The highest BCUT2D eigenvalue weighted by Crippen LogP contribution is 2.25. The lowest BCUT2D eigenvalue weighted by Gasteiger charge is -2.12. The standard InChI is InChI=1S/C18H19N7O2/c1-11-8-21-15(27-11)9-22-17-16-12(23-18(19)24-17)5-7-25(16)10-13-14(26-2)4-3-6-20-13/h3-8H,9-10H2,1-2H3,(H3,19,22,23,24). The Morgan fingerprint density at radius 3 is 2.93 bits per heavy atom. The van der Waals surface area contributed by atoms with Crippen LogP contribution in [-0.2, 0) is 13.1 Å². The van der Waals surface area contributed by atoms with Crippen LogP contribution in [0.2, 0.25) is 0 Å². The quantitative estimate of drug-likeness (QED) is 0.535. The highest BCUT2D eigenvalue weighted by molar-refractivity contribution is 5.87. The molecule has 0 aliphatic carbocycles. The molecule has 4 rings (SSSR count). The van der Waals surface area contributed by atoms with Crippen molar-refractivity contribution in [2.45, 2.75) is 20.0 Å². The second-order valence-electron chi connectivity index (χ2n) is 5.98. The maximum absolute atomic E-state index is 5.86. The smallest absolute Gasteiger partial charge is 0.222 e. The Balaban J connectivity index is 1.69. The molecule has 4 aromatic heterocycles. The van der Waals surface area contributed by atoms with E-state index >= 15 is 0 Å². The number of aromatic nitrogens is 5. The zero-order valence-corrected chi connectivity index (χ0v) is 15.0. The second kappa shape index (κ2) is 6.94. The van der Waals surface area contributed by atoms with Crippen LogP contribution in [0.15, 0.2) is 41.2 Å². The van der Waals surface area contributed by atoms with Crippen molar-refractivity contribution in [3.63, 3.8) is 0 Å². The Labute approximate surface area is 155 Å². The van der Waals surface area contributed by atoms with Gasteiger partial charge in [0, 0.05) is 12.4 Å². The first-order valence-electron chi connectivity index (χ1n) is 8.39. The Kier molecular flexibility index (Phi) is 4.33. The van der Waals surface area contributed by atoms with E-state index in [4.69, 9.17) is 14.9 Å². The summed E-state index contributed by atoms with van der Waals surface area (Å²) in [5.41, 5.74) is 8.23. The van der Waals surface area contributed by atoms with Crippen molar-refractivity contribution < 1.29 is 9.15 Å². The number of nitrogen functional groups attached to an aromatic ring is 1. The van der Waals surface area contributed by atoms with Crippen molar-refractivity contribution in [1.29, 1.82) is 0 Å². The fourth-order valence-electron chi connectivity index (χ4n) is 2.91. The molecule has 0 spiro atoms. The van der Waals surface area contributed by atoms with E-state index in [1.54, 1.807) is 19.5 Å². The first kappa shape index (κ1) is 16.8. The fraction of sp³-hybridized carbons (Fsp3) is 0.222. The number of anilines is 2. The van der Waals surface area contributed by atoms with Crippen LogP contribution in [0.3, 0.4) is 0 Å². The number of hydrogen-bond donors (Lipinski definition) is 2. The molecule has 0 fully saturated rings. The fourth-order valence-corrected chi connectivity index (χ4v) is 2.91. The van der Waals surface area contributed by atoms with Gasteiger partial charge in [-0.3, -0.25) is 4.98 Å². The number of fused-ring (bicyclic) bond motifs is 1. The summed E-state index contributed by atoms with van der Waals surface area (Å²) in [5, 5.41) is 3.24. The van der Waals surface area contributed by atoms with Gasteiger partial charge < -0.3 is 24.8 Å². The number of rotatable bonds is 6. The normalized spacial score (nSPS) is 11.0. The molecule has 0 bridgehead atoms. The third-order valence-corrected chi connectivity index (χ3v) is 4.09. The lowest BCUT2D eigenvalue weighted by atomic mass is 10.3. The van der Waals surface area contributed by atoms with Crippen molar-refractivity contribution in [3.8, 4) is 5.75 Å². The van der Waals surface area contributed by atoms with Gasteiger partial charge in [0.1, 0.15) is 22.7 Å². The number of nitrogens with zero attached hydrogens (tertiary/aromatic N) is 5. The van der Waals surface area contributed by atoms with E-state index in [2.05, 4.69) is 25.3 Å². The van der Waals surface area contributed by atoms with Gasteiger partial charge in [0.25, 0.3) is 0 Å². The predicted octanol–water partition coefficient (Wildman–Crippen LogP) is 2.37. The van der Waals surface area contributed by atoms with Gasteiger partial charge in [-0.1, -0.05) is 0 Å². The number of nitrogens with two attached hydrogens (primary N) is 1. The van der Waals surface area contributed by atoms with E-state index in [0.717, 1.165) is 28.2 Å². The third-order valence-electron chi connectivity index (χ3n) is 4.09. The second-order valence-corrected chi connectivity index (χ2v) is 5.98. The molecule has 0 unspecified atom stereocenters. The summed E-state index contributed by atoms with van der Waals surface area (Å²) >= 11 is 0. The van der Waals surface area contributed by atoms with Crippen LogP contribution in [0.5, 0.6) is 5.75 Å². The molecule has 0 atom stereocenters. The monoisotopic (exact) mass is 365 g/mol. The van der Waals surface area contributed by atoms with Crippen molar-refractivity contribution in [3.05, 3.63) is 54.1 Å². The molecular weight excluding hydrogens is 346 g/mol. The van der Waals surface area contributed by atoms with Gasteiger partial charge >= 0.3 is 0 Å². The van der Waals surface area contributed by atoms with Gasteiger partial charge in [0.05, 0.1) is 31.9 Å². The molecule has 138 valence electrons. The molecule has 0 aliphatic heterocycles. The predicted molar refractivity (Wildman–Crippen MR) is 100 cm³/mol. The molecule has 0 aromatic carbocycles. The van der Waals surface area contributed by atoms with Crippen molar-refractivity contribution >= 4 is 22.8 Å². The molecule has 0 radical (unpaired) electrons. The lowest BCUT2D eigenvalue weighted by molar-refractivity contribution is 0.405. The molecule has 0 aliphatic rings. The average Bonchev–Trinajstić information content (AvgIpc) is 3.26. The number of oxazole rings is 1. The Morgan fingerprint density at radius 2 is 2.15 bits per heavy atom. The first-order chi connectivity index (χ1) is 13.1. The van der Waals surface area contributed by atoms with E-state index in [1.807, 2.05) is 35.9 Å². The van der Waals surface area contributed by atoms with Crippen LogP contribution in [0, 0.1) is 6.92 Å². The Morgan fingerprint density at radius 1 is 1.26 bits per heavy atom. The molecule has 3 N–H and O–H groups in total. The minimum atomic E-state index is 0.196. The van der Waals surface area contributed by atoms with Crippen LogP contribution in [0.25, 0.3) is 11.0 Å². The summed E-state index contributed by atoms with van der Waals surface area (Å²) in [6.07, 6.45) is 5.34. The zero-order valence-electron chi connectivity index (χ0n) is 15.0. The molecule has 4 aromatic rings. The van der Waals surface area contributed by atoms with Gasteiger partial charge in [0.15, 0.2) is 5.82 Å². The molecule has 0 saturated heterocycles. The zero-order chi connectivity index (χ0) is 18.8. The van der Waals surface area contributed by atoms with Crippen molar-refractivity contribution in [2.75, 3.05) is 18.2 Å². The molecule has 0 amide bonds. The Bertz CT molecular complexity index is 1090. The van der Waals surface area contributed by atoms with E-state index in [1.165, 1.54) is 0 Å². The number of methoxy groups -OCH3 is 1.